The molecule has 2 aliphatic rings. The van der Waals surface area contributed by atoms with Crippen molar-refractivity contribution in [2.75, 3.05) is 11.5 Å². The smallest absolute Gasteiger partial charge is 0.220 e. The van der Waals surface area contributed by atoms with E-state index in [2.05, 4.69) is 26.1 Å². The molecule has 0 aromatic heterocycles. The molecule has 1 aliphatic carbocycles. The zero-order valence-corrected chi connectivity index (χ0v) is 15.8. The Bertz CT molecular complexity index is 501. The maximum atomic E-state index is 12.4. The minimum absolute atomic E-state index is 0.00954. The molecular weight excluding hydrogens is 310 g/mol. The van der Waals surface area contributed by atoms with Crippen LogP contribution in [0.25, 0.3) is 0 Å². The van der Waals surface area contributed by atoms with Crippen LogP contribution in [-0.4, -0.2) is 31.9 Å². The van der Waals surface area contributed by atoms with E-state index in [0.717, 1.165) is 12.3 Å². The lowest BCUT2D eigenvalue weighted by atomic mass is 9.77. The van der Waals surface area contributed by atoms with Crippen molar-refractivity contribution < 1.29 is 13.2 Å². The van der Waals surface area contributed by atoms with Gasteiger partial charge in [-0.25, -0.2) is 8.42 Å². The van der Waals surface area contributed by atoms with E-state index in [0.29, 0.717) is 12.8 Å². The third-order valence-electron chi connectivity index (χ3n) is 5.48. The van der Waals surface area contributed by atoms with Crippen molar-refractivity contribution in [1.82, 2.24) is 5.32 Å². The third-order valence-corrected chi connectivity index (χ3v) is 7.31. The molecule has 0 spiro atoms. The quantitative estimate of drug-likeness (QED) is 0.833. The van der Waals surface area contributed by atoms with Crippen LogP contribution in [0.4, 0.5) is 0 Å². The molecule has 0 radical (unpaired) electrons. The molecule has 5 heteroatoms. The van der Waals surface area contributed by atoms with Crippen molar-refractivity contribution in [3.05, 3.63) is 0 Å². The molecule has 134 valence electrons. The number of sulfone groups is 1. The van der Waals surface area contributed by atoms with E-state index < -0.39 is 9.84 Å². The van der Waals surface area contributed by atoms with E-state index in [1.54, 1.807) is 0 Å². The van der Waals surface area contributed by atoms with Crippen LogP contribution in [0, 0.1) is 17.3 Å². The van der Waals surface area contributed by atoms with Gasteiger partial charge in [-0.1, -0.05) is 52.9 Å². The predicted molar refractivity (Wildman–Crippen MR) is 94.0 cm³/mol. The van der Waals surface area contributed by atoms with Gasteiger partial charge in [0, 0.05) is 12.5 Å². The molecule has 2 fully saturated rings. The van der Waals surface area contributed by atoms with E-state index in [1.165, 1.54) is 32.1 Å². The first-order valence-corrected chi connectivity index (χ1v) is 11.0. The molecule has 1 saturated heterocycles. The Morgan fingerprint density at radius 2 is 1.74 bits per heavy atom. The number of hydrogen-bond donors (Lipinski definition) is 1. The Kier molecular flexibility index (Phi) is 6.15. The van der Waals surface area contributed by atoms with Gasteiger partial charge in [-0.2, -0.15) is 0 Å². The van der Waals surface area contributed by atoms with Gasteiger partial charge in [-0.15, -0.1) is 0 Å². The van der Waals surface area contributed by atoms with Crippen LogP contribution >= 0.6 is 0 Å². The first kappa shape index (κ1) is 18.8. The number of hydrogen-bond acceptors (Lipinski definition) is 3. The number of nitrogens with one attached hydrogen (secondary N) is 1. The molecule has 2 atom stereocenters. The van der Waals surface area contributed by atoms with Gasteiger partial charge in [0.1, 0.15) is 0 Å². The standard InChI is InChI=1S/C18H33NO3S/c1-18(2,3)16(11-14-7-5-4-6-8-14)19-17(20)12-15-9-10-23(21,22)13-15/h14-16H,4-13H2,1-3H3,(H,19,20)/t15-,16+/m1/s1. The van der Waals surface area contributed by atoms with Crippen molar-refractivity contribution in [3.63, 3.8) is 0 Å². The summed E-state index contributed by atoms with van der Waals surface area (Å²) in [4.78, 5) is 12.4. The Hall–Kier alpha value is -0.580. The highest BCUT2D eigenvalue weighted by atomic mass is 32.2. The largest absolute Gasteiger partial charge is 0.353 e. The fraction of sp³-hybridized carbons (Fsp3) is 0.944. The molecule has 1 N–H and O–H groups in total. The molecule has 1 saturated carbocycles. The van der Waals surface area contributed by atoms with Crippen molar-refractivity contribution in [2.45, 2.75) is 78.2 Å². The van der Waals surface area contributed by atoms with Crippen LogP contribution in [0.1, 0.15) is 72.1 Å². The van der Waals surface area contributed by atoms with Gasteiger partial charge in [-0.05, 0) is 30.1 Å². The molecule has 23 heavy (non-hydrogen) atoms. The summed E-state index contributed by atoms with van der Waals surface area (Å²) in [5.41, 5.74) is 0.0366. The minimum atomic E-state index is -2.90. The van der Waals surface area contributed by atoms with E-state index in [4.69, 9.17) is 0 Å². The Balaban J connectivity index is 1.88. The SMILES string of the molecule is CC(C)(C)[C@H](CC1CCCCC1)NC(=O)C[C@H]1CCS(=O)(=O)C1. The second-order valence-electron chi connectivity index (χ2n) is 8.70. The summed E-state index contributed by atoms with van der Waals surface area (Å²) in [5, 5.41) is 3.22. The van der Waals surface area contributed by atoms with Crippen LogP contribution in [-0.2, 0) is 14.6 Å². The van der Waals surface area contributed by atoms with Crippen LogP contribution in [0.3, 0.4) is 0 Å². The van der Waals surface area contributed by atoms with Crippen LogP contribution in [0.2, 0.25) is 0 Å². The van der Waals surface area contributed by atoms with Gasteiger partial charge < -0.3 is 5.32 Å². The lowest BCUT2D eigenvalue weighted by Gasteiger charge is -2.35. The molecule has 0 aromatic rings. The molecular formula is C18H33NO3S. The van der Waals surface area contributed by atoms with Crippen molar-refractivity contribution in [1.29, 1.82) is 0 Å². The molecule has 0 bridgehead atoms. The van der Waals surface area contributed by atoms with Gasteiger partial charge >= 0.3 is 0 Å². The summed E-state index contributed by atoms with van der Waals surface area (Å²) >= 11 is 0. The summed E-state index contributed by atoms with van der Waals surface area (Å²) in [6, 6.07) is 0.177. The zero-order valence-electron chi connectivity index (χ0n) is 14.9. The topological polar surface area (TPSA) is 63.2 Å². The maximum Gasteiger partial charge on any atom is 0.220 e. The van der Waals surface area contributed by atoms with Crippen molar-refractivity contribution in [2.24, 2.45) is 17.3 Å². The Labute approximate surface area is 141 Å². The summed E-state index contributed by atoms with van der Waals surface area (Å²) in [6.07, 6.45) is 8.59. The Morgan fingerprint density at radius 3 is 2.26 bits per heavy atom. The van der Waals surface area contributed by atoms with Crippen molar-refractivity contribution in [3.8, 4) is 0 Å². The fourth-order valence-corrected chi connectivity index (χ4v) is 5.80. The molecule has 1 amide bonds. The fourth-order valence-electron chi connectivity index (χ4n) is 3.93. The van der Waals surface area contributed by atoms with Crippen LogP contribution in [0.5, 0.6) is 0 Å². The summed E-state index contributed by atoms with van der Waals surface area (Å²) in [5.74, 6) is 1.19. The molecule has 0 aromatic carbocycles. The zero-order chi connectivity index (χ0) is 17.1. The average Bonchev–Trinajstić information content (AvgIpc) is 2.77. The van der Waals surface area contributed by atoms with E-state index >= 15 is 0 Å². The lowest BCUT2D eigenvalue weighted by Crippen LogP contribution is -2.45. The third kappa shape index (κ3) is 6.09. The predicted octanol–water partition coefficient (Wildman–Crippen LogP) is 3.31. The highest BCUT2D eigenvalue weighted by Gasteiger charge is 2.32. The molecule has 4 nitrogen and oxygen atoms in total. The normalized spacial score (nSPS) is 26.8. The molecule has 2 rings (SSSR count). The summed E-state index contributed by atoms with van der Waals surface area (Å²) in [7, 11) is -2.90. The lowest BCUT2D eigenvalue weighted by molar-refractivity contribution is -0.123. The van der Waals surface area contributed by atoms with Gasteiger partial charge in [0.25, 0.3) is 0 Å². The van der Waals surface area contributed by atoms with Crippen LogP contribution in [0.15, 0.2) is 0 Å². The van der Waals surface area contributed by atoms with E-state index in [9.17, 15) is 13.2 Å². The maximum absolute atomic E-state index is 12.4. The first-order valence-electron chi connectivity index (χ1n) is 9.15. The second-order valence-corrected chi connectivity index (χ2v) is 10.9. The van der Waals surface area contributed by atoms with Crippen molar-refractivity contribution >= 4 is 15.7 Å². The van der Waals surface area contributed by atoms with E-state index in [1.807, 2.05) is 0 Å². The van der Waals surface area contributed by atoms with Gasteiger partial charge in [0.05, 0.1) is 11.5 Å². The number of rotatable bonds is 5. The number of carbonyl (C=O) groups is 1. The van der Waals surface area contributed by atoms with Gasteiger partial charge in [-0.3, -0.25) is 4.79 Å². The summed E-state index contributed by atoms with van der Waals surface area (Å²) in [6.45, 7) is 6.54. The minimum Gasteiger partial charge on any atom is -0.353 e. The van der Waals surface area contributed by atoms with Gasteiger partial charge in [0.2, 0.25) is 5.91 Å². The number of carbonyl (C=O) groups excluding carboxylic acids is 1. The highest BCUT2D eigenvalue weighted by Crippen LogP contribution is 2.32. The number of amides is 1. The highest BCUT2D eigenvalue weighted by molar-refractivity contribution is 7.91. The molecule has 0 unspecified atom stereocenters. The van der Waals surface area contributed by atoms with Crippen LogP contribution < -0.4 is 5.32 Å². The monoisotopic (exact) mass is 343 g/mol. The van der Waals surface area contributed by atoms with E-state index in [-0.39, 0.29) is 34.8 Å². The first-order chi connectivity index (χ1) is 10.7. The Morgan fingerprint density at radius 1 is 1.09 bits per heavy atom. The van der Waals surface area contributed by atoms with Gasteiger partial charge in [0.15, 0.2) is 9.84 Å². The second kappa shape index (κ2) is 7.54. The average molecular weight is 344 g/mol. The molecule has 1 aliphatic heterocycles. The summed E-state index contributed by atoms with van der Waals surface area (Å²) < 4.78 is 23.1. The molecule has 1 heterocycles.